The van der Waals surface area contributed by atoms with E-state index in [2.05, 4.69) is 36.2 Å². The van der Waals surface area contributed by atoms with Gasteiger partial charge in [-0.25, -0.2) is 4.79 Å². The first-order chi connectivity index (χ1) is 12.5. The van der Waals surface area contributed by atoms with Crippen LogP contribution >= 0.6 is 0 Å². The summed E-state index contributed by atoms with van der Waals surface area (Å²) in [5.41, 5.74) is 1.21. The third-order valence-corrected chi connectivity index (χ3v) is 4.69. The smallest absolute Gasteiger partial charge is 0.409 e. The predicted octanol–water partition coefficient (Wildman–Crippen LogP) is 2.63. The number of carbonyl (C=O) groups is 2. The standard InChI is InChI=1S/C20H31N3O3/c1-4-26-20(25)22-12-10-18(11-13-22)21-19(24)15-23(16(2)3)14-17-8-6-5-7-9-17/h5-9,16,18H,4,10-15H2,1-3H3,(H,21,24). The minimum atomic E-state index is -0.258. The van der Waals surface area contributed by atoms with E-state index in [-0.39, 0.29) is 24.1 Å². The first-order valence-corrected chi connectivity index (χ1v) is 9.48. The zero-order chi connectivity index (χ0) is 18.9. The Bertz CT molecular complexity index is 569. The van der Waals surface area contributed by atoms with Gasteiger partial charge in [-0.15, -0.1) is 0 Å². The van der Waals surface area contributed by atoms with Gasteiger partial charge in [0.1, 0.15) is 0 Å². The Balaban J connectivity index is 1.79. The lowest BCUT2D eigenvalue weighted by molar-refractivity contribution is -0.123. The number of carbonyl (C=O) groups excluding carboxylic acids is 2. The molecular formula is C20H31N3O3. The van der Waals surface area contributed by atoms with E-state index in [1.54, 1.807) is 11.8 Å². The van der Waals surface area contributed by atoms with Gasteiger partial charge in [-0.2, -0.15) is 0 Å². The summed E-state index contributed by atoms with van der Waals surface area (Å²) in [6.07, 6.45) is 1.28. The number of ether oxygens (including phenoxy) is 1. The molecular weight excluding hydrogens is 330 g/mol. The Kier molecular flexibility index (Phi) is 7.91. The van der Waals surface area contributed by atoms with Gasteiger partial charge in [-0.3, -0.25) is 9.69 Å². The van der Waals surface area contributed by atoms with Crippen LogP contribution in [0.3, 0.4) is 0 Å². The van der Waals surface area contributed by atoms with Gasteiger partial charge in [0, 0.05) is 31.7 Å². The molecule has 2 rings (SSSR count). The van der Waals surface area contributed by atoms with Gasteiger partial charge in [0.15, 0.2) is 0 Å². The number of hydrogen-bond acceptors (Lipinski definition) is 4. The molecule has 6 heteroatoms. The van der Waals surface area contributed by atoms with Crippen LogP contribution in [0.1, 0.15) is 39.2 Å². The first kappa shape index (κ1) is 20.2. The first-order valence-electron chi connectivity index (χ1n) is 9.48. The molecule has 1 N–H and O–H groups in total. The van der Waals surface area contributed by atoms with E-state index in [0.717, 1.165) is 19.4 Å². The maximum absolute atomic E-state index is 12.5. The van der Waals surface area contributed by atoms with Crippen molar-refractivity contribution in [3.05, 3.63) is 35.9 Å². The summed E-state index contributed by atoms with van der Waals surface area (Å²) < 4.78 is 5.03. The van der Waals surface area contributed by atoms with Gasteiger partial charge in [0.05, 0.1) is 13.2 Å². The molecule has 0 radical (unpaired) electrons. The number of benzene rings is 1. The van der Waals surface area contributed by atoms with Crippen LogP contribution < -0.4 is 5.32 Å². The van der Waals surface area contributed by atoms with Crippen LogP contribution in [0.25, 0.3) is 0 Å². The number of hydrogen-bond donors (Lipinski definition) is 1. The summed E-state index contributed by atoms with van der Waals surface area (Å²) >= 11 is 0. The lowest BCUT2D eigenvalue weighted by Gasteiger charge is -2.32. The van der Waals surface area contributed by atoms with Gasteiger partial charge in [0.25, 0.3) is 0 Å². The quantitative estimate of drug-likeness (QED) is 0.811. The van der Waals surface area contributed by atoms with E-state index in [1.807, 2.05) is 18.2 Å². The third-order valence-electron chi connectivity index (χ3n) is 4.69. The number of nitrogens with one attached hydrogen (secondary N) is 1. The number of likely N-dealkylation sites (tertiary alicyclic amines) is 1. The van der Waals surface area contributed by atoms with Crippen LogP contribution in [0.5, 0.6) is 0 Å². The van der Waals surface area contributed by atoms with E-state index in [1.165, 1.54) is 5.56 Å². The third kappa shape index (κ3) is 6.33. The van der Waals surface area contributed by atoms with Gasteiger partial charge >= 0.3 is 6.09 Å². The second kappa shape index (κ2) is 10.2. The van der Waals surface area contributed by atoms with Crippen molar-refractivity contribution in [3.63, 3.8) is 0 Å². The molecule has 1 aromatic rings. The van der Waals surface area contributed by atoms with Crippen LogP contribution in [0.2, 0.25) is 0 Å². The molecule has 0 aliphatic carbocycles. The van der Waals surface area contributed by atoms with Crippen molar-refractivity contribution in [3.8, 4) is 0 Å². The molecule has 0 unspecified atom stereocenters. The second-order valence-electron chi connectivity index (χ2n) is 7.01. The average molecular weight is 361 g/mol. The number of piperidine rings is 1. The molecule has 6 nitrogen and oxygen atoms in total. The molecule has 2 amide bonds. The number of amides is 2. The summed E-state index contributed by atoms with van der Waals surface area (Å²) in [6, 6.07) is 10.6. The Morgan fingerprint density at radius 2 is 1.88 bits per heavy atom. The maximum Gasteiger partial charge on any atom is 0.409 e. The van der Waals surface area contributed by atoms with E-state index in [9.17, 15) is 9.59 Å². The SMILES string of the molecule is CCOC(=O)N1CCC(NC(=O)CN(Cc2ccccc2)C(C)C)CC1. The largest absolute Gasteiger partial charge is 0.450 e. The van der Waals surface area contributed by atoms with Crippen molar-refractivity contribution >= 4 is 12.0 Å². The summed E-state index contributed by atoms with van der Waals surface area (Å²) in [6.45, 7) is 8.80. The lowest BCUT2D eigenvalue weighted by Crippen LogP contribution is -2.49. The average Bonchev–Trinajstić information content (AvgIpc) is 2.62. The Morgan fingerprint density at radius 1 is 1.23 bits per heavy atom. The fourth-order valence-electron chi connectivity index (χ4n) is 3.12. The van der Waals surface area contributed by atoms with Crippen molar-refractivity contribution in [1.82, 2.24) is 15.1 Å². The minimum Gasteiger partial charge on any atom is -0.450 e. The van der Waals surface area contributed by atoms with Crippen LogP contribution in [0.4, 0.5) is 4.79 Å². The zero-order valence-electron chi connectivity index (χ0n) is 16.1. The van der Waals surface area contributed by atoms with Crippen molar-refractivity contribution in [2.45, 2.75) is 52.2 Å². The van der Waals surface area contributed by atoms with E-state index < -0.39 is 0 Å². The molecule has 0 bridgehead atoms. The van der Waals surface area contributed by atoms with Crippen molar-refractivity contribution < 1.29 is 14.3 Å². The molecule has 1 saturated heterocycles. The molecule has 0 atom stereocenters. The summed E-state index contributed by atoms with van der Waals surface area (Å²) in [5, 5.41) is 3.12. The topological polar surface area (TPSA) is 61.9 Å². The zero-order valence-corrected chi connectivity index (χ0v) is 16.1. The predicted molar refractivity (Wildman–Crippen MR) is 102 cm³/mol. The second-order valence-corrected chi connectivity index (χ2v) is 7.01. The monoisotopic (exact) mass is 361 g/mol. The fourth-order valence-corrected chi connectivity index (χ4v) is 3.12. The molecule has 1 aliphatic heterocycles. The molecule has 0 spiro atoms. The van der Waals surface area contributed by atoms with Crippen molar-refractivity contribution in [2.75, 3.05) is 26.2 Å². The lowest BCUT2D eigenvalue weighted by atomic mass is 10.1. The normalized spacial score (nSPS) is 15.3. The molecule has 1 aromatic carbocycles. The summed E-state index contributed by atoms with van der Waals surface area (Å²) in [7, 11) is 0. The highest BCUT2D eigenvalue weighted by atomic mass is 16.6. The fraction of sp³-hybridized carbons (Fsp3) is 0.600. The van der Waals surface area contributed by atoms with Gasteiger partial charge in [0.2, 0.25) is 5.91 Å². The molecule has 1 heterocycles. The van der Waals surface area contributed by atoms with Gasteiger partial charge in [-0.05, 0) is 39.2 Å². The molecule has 0 aromatic heterocycles. The van der Waals surface area contributed by atoms with E-state index >= 15 is 0 Å². The Morgan fingerprint density at radius 3 is 2.46 bits per heavy atom. The van der Waals surface area contributed by atoms with Gasteiger partial charge in [-0.1, -0.05) is 30.3 Å². The minimum absolute atomic E-state index is 0.0456. The number of nitrogens with zero attached hydrogens (tertiary/aromatic N) is 2. The van der Waals surface area contributed by atoms with Crippen molar-refractivity contribution in [1.29, 1.82) is 0 Å². The molecule has 144 valence electrons. The summed E-state index contributed by atoms with van der Waals surface area (Å²) in [4.78, 5) is 28.1. The maximum atomic E-state index is 12.5. The molecule has 0 saturated carbocycles. The van der Waals surface area contributed by atoms with Crippen LogP contribution in [-0.2, 0) is 16.1 Å². The Labute approximate surface area is 156 Å². The molecule has 1 aliphatic rings. The van der Waals surface area contributed by atoms with Crippen LogP contribution in [0, 0.1) is 0 Å². The van der Waals surface area contributed by atoms with E-state index in [0.29, 0.717) is 26.2 Å². The summed E-state index contributed by atoms with van der Waals surface area (Å²) in [5.74, 6) is 0.0456. The molecule has 26 heavy (non-hydrogen) atoms. The van der Waals surface area contributed by atoms with Crippen molar-refractivity contribution in [2.24, 2.45) is 0 Å². The number of rotatable bonds is 7. The highest BCUT2D eigenvalue weighted by Crippen LogP contribution is 2.12. The van der Waals surface area contributed by atoms with Crippen LogP contribution in [-0.4, -0.2) is 60.1 Å². The highest BCUT2D eigenvalue weighted by molar-refractivity contribution is 5.78. The van der Waals surface area contributed by atoms with Crippen LogP contribution in [0.15, 0.2) is 30.3 Å². The van der Waals surface area contributed by atoms with Gasteiger partial charge < -0.3 is 15.0 Å². The Hall–Kier alpha value is -2.08. The highest BCUT2D eigenvalue weighted by Gasteiger charge is 2.25. The molecule has 1 fully saturated rings. The van der Waals surface area contributed by atoms with E-state index in [4.69, 9.17) is 4.74 Å².